The normalized spacial score (nSPS) is 36.0. The van der Waals surface area contributed by atoms with Crippen LogP contribution in [-0.4, -0.2) is 18.0 Å². The lowest BCUT2D eigenvalue weighted by atomic mass is 9.72. The summed E-state index contributed by atoms with van der Waals surface area (Å²) in [5, 5.41) is 0. The molecular formula is C14H20O4. The fourth-order valence-corrected chi connectivity index (χ4v) is 3.12. The van der Waals surface area contributed by atoms with Gasteiger partial charge in [0.2, 0.25) is 0 Å². The Kier molecular flexibility index (Phi) is 3.46. The molecule has 0 N–H and O–H groups in total. The van der Waals surface area contributed by atoms with Crippen molar-refractivity contribution in [3.05, 3.63) is 11.8 Å². The molecule has 0 bridgehead atoms. The summed E-state index contributed by atoms with van der Waals surface area (Å²) in [4.78, 5) is 22.5. The minimum absolute atomic E-state index is 0.0889. The van der Waals surface area contributed by atoms with Gasteiger partial charge in [-0.3, -0.25) is 4.79 Å². The third-order valence-electron chi connectivity index (χ3n) is 3.91. The van der Waals surface area contributed by atoms with Gasteiger partial charge in [-0.15, -0.1) is 0 Å². The molecule has 1 heterocycles. The highest BCUT2D eigenvalue weighted by Gasteiger charge is 2.51. The summed E-state index contributed by atoms with van der Waals surface area (Å²) in [5.41, 5.74) is 0. The maximum atomic E-state index is 11.6. The number of esters is 1. The van der Waals surface area contributed by atoms with Crippen LogP contribution in [0.4, 0.5) is 0 Å². The van der Waals surface area contributed by atoms with Gasteiger partial charge >= 0.3 is 5.97 Å². The van der Waals surface area contributed by atoms with Crippen molar-refractivity contribution < 1.29 is 19.1 Å². The molecule has 2 rings (SSSR count). The van der Waals surface area contributed by atoms with E-state index in [9.17, 15) is 9.59 Å². The van der Waals surface area contributed by atoms with Crippen molar-refractivity contribution in [2.24, 2.45) is 17.8 Å². The number of aldehydes is 1. The van der Waals surface area contributed by atoms with Gasteiger partial charge in [-0.2, -0.15) is 0 Å². The van der Waals surface area contributed by atoms with Crippen LogP contribution in [0.25, 0.3) is 0 Å². The molecular weight excluding hydrogens is 232 g/mol. The fraction of sp³-hybridized carbons (Fsp3) is 0.714. The van der Waals surface area contributed by atoms with Gasteiger partial charge in [0.05, 0.1) is 6.08 Å². The first kappa shape index (κ1) is 13.1. The van der Waals surface area contributed by atoms with E-state index in [-0.39, 0.29) is 11.7 Å². The largest absolute Gasteiger partial charge is 0.448 e. The minimum Gasteiger partial charge on any atom is -0.448 e. The van der Waals surface area contributed by atoms with Gasteiger partial charge in [-0.25, -0.2) is 4.79 Å². The number of hydrogen-bond acceptors (Lipinski definition) is 4. The van der Waals surface area contributed by atoms with E-state index in [4.69, 9.17) is 9.47 Å². The van der Waals surface area contributed by atoms with Crippen LogP contribution in [0, 0.1) is 17.8 Å². The Morgan fingerprint density at radius 2 is 2.11 bits per heavy atom. The van der Waals surface area contributed by atoms with E-state index in [0.717, 1.165) is 18.9 Å². The van der Waals surface area contributed by atoms with Gasteiger partial charge in [-0.05, 0) is 24.7 Å². The number of allylic oxidation sites excluding steroid dienone is 1. The average molecular weight is 252 g/mol. The van der Waals surface area contributed by atoms with Gasteiger partial charge in [0, 0.05) is 12.3 Å². The van der Waals surface area contributed by atoms with Crippen molar-refractivity contribution in [1.29, 1.82) is 0 Å². The van der Waals surface area contributed by atoms with Gasteiger partial charge < -0.3 is 9.47 Å². The fourth-order valence-electron chi connectivity index (χ4n) is 3.12. The molecule has 0 aromatic heterocycles. The Balaban J connectivity index is 2.33. The highest BCUT2D eigenvalue weighted by Crippen LogP contribution is 2.46. The molecule has 1 aliphatic carbocycles. The molecule has 4 heteroatoms. The van der Waals surface area contributed by atoms with Gasteiger partial charge in [-0.1, -0.05) is 20.8 Å². The molecule has 1 aliphatic heterocycles. The number of rotatable bonds is 2. The van der Waals surface area contributed by atoms with E-state index in [1.54, 1.807) is 0 Å². The molecule has 0 aromatic carbocycles. The smallest absolute Gasteiger partial charge is 0.337 e. The lowest BCUT2D eigenvalue weighted by molar-refractivity contribution is -0.266. The number of ether oxygens (including phenoxy) is 2. The van der Waals surface area contributed by atoms with Gasteiger partial charge in [0.15, 0.2) is 12.0 Å². The Labute approximate surface area is 107 Å². The highest BCUT2D eigenvalue weighted by molar-refractivity contribution is 5.89. The second-order valence-corrected chi connectivity index (χ2v) is 5.74. The topological polar surface area (TPSA) is 52.6 Å². The zero-order valence-electron chi connectivity index (χ0n) is 11.1. The van der Waals surface area contributed by atoms with Crippen molar-refractivity contribution in [2.75, 3.05) is 0 Å². The molecule has 100 valence electrons. The number of carbonyl (C=O) groups is 2. The summed E-state index contributed by atoms with van der Waals surface area (Å²) in [6, 6.07) is 0. The Morgan fingerprint density at radius 1 is 1.39 bits per heavy atom. The molecule has 2 aliphatic rings. The van der Waals surface area contributed by atoms with Crippen LogP contribution in [-0.2, 0) is 19.1 Å². The molecule has 4 nitrogen and oxygen atoms in total. The monoisotopic (exact) mass is 252 g/mol. The predicted molar refractivity (Wildman–Crippen MR) is 65.4 cm³/mol. The van der Waals surface area contributed by atoms with E-state index in [2.05, 4.69) is 20.8 Å². The minimum atomic E-state index is -0.937. The third-order valence-corrected chi connectivity index (χ3v) is 3.91. The lowest BCUT2D eigenvalue weighted by Crippen LogP contribution is -2.52. The van der Waals surface area contributed by atoms with Crippen LogP contribution in [0.2, 0.25) is 0 Å². The molecule has 0 amide bonds. The van der Waals surface area contributed by atoms with Crippen molar-refractivity contribution in [2.45, 2.75) is 45.8 Å². The molecule has 1 fully saturated rings. The Bertz CT molecular complexity index is 385. The van der Waals surface area contributed by atoms with Crippen molar-refractivity contribution in [1.82, 2.24) is 0 Å². The van der Waals surface area contributed by atoms with Crippen LogP contribution >= 0.6 is 0 Å². The van der Waals surface area contributed by atoms with Crippen molar-refractivity contribution in [3.63, 3.8) is 0 Å². The van der Waals surface area contributed by atoms with Crippen LogP contribution < -0.4 is 0 Å². The van der Waals surface area contributed by atoms with Crippen LogP contribution in [0.15, 0.2) is 11.8 Å². The average Bonchev–Trinajstić information content (AvgIpc) is 2.26. The maximum absolute atomic E-state index is 11.6. The van der Waals surface area contributed by atoms with Crippen LogP contribution in [0.1, 0.15) is 40.0 Å². The van der Waals surface area contributed by atoms with Crippen molar-refractivity contribution >= 4 is 12.3 Å². The van der Waals surface area contributed by atoms with Gasteiger partial charge in [0.1, 0.15) is 0 Å². The molecule has 1 saturated carbocycles. The molecule has 1 spiro atoms. The zero-order valence-corrected chi connectivity index (χ0v) is 11.1. The Morgan fingerprint density at radius 3 is 2.72 bits per heavy atom. The summed E-state index contributed by atoms with van der Waals surface area (Å²) in [5.74, 6) is -0.404. The summed E-state index contributed by atoms with van der Waals surface area (Å²) in [6.45, 7) is 6.31. The van der Waals surface area contributed by atoms with E-state index in [0.29, 0.717) is 24.5 Å². The third kappa shape index (κ3) is 2.28. The second kappa shape index (κ2) is 4.75. The first-order chi connectivity index (χ1) is 8.47. The van der Waals surface area contributed by atoms with E-state index in [1.165, 1.54) is 0 Å². The van der Waals surface area contributed by atoms with Crippen LogP contribution in [0.3, 0.4) is 0 Å². The molecule has 18 heavy (non-hydrogen) atoms. The SMILES string of the molecule is CC1CCC(C(C)C)[C@@]2(C1)OC(=O)C=C(C=O)O2. The standard InChI is InChI=1S/C14H20O4/c1-9(2)12-5-4-10(3)7-14(12)17-11(8-15)6-13(16)18-14/h6,8-10,12H,4-5,7H2,1-3H3/t10?,12?,14-/m1/s1. The molecule has 2 unspecified atom stereocenters. The molecule has 3 atom stereocenters. The number of carbonyl (C=O) groups excluding carboxylic acids is 2. The van der Waals surface area contributed by atoms with Gasteiger partial charge in [0.25, 0.3) is 5.79 Å². The molecule has 0 radical (unpaired) electrons. The van der Waals surface area contributed by atoms with E-state index < -0.39 is 11.8 Å². The van der Waals surface area contributed by atoms with Crippen molar-refractivity contribution in [3.8, 4) is 0 Å². The lowest BCUT2D eigenvalue weighted by Gasteiger charge is -2.47. The highest BCUT2D eigenvalue weighted by atomic mass is 16.7. The second-order valence-electron chi connectivity index (χ2n) is 5.74. The summed E-state index contributed by atoms with van der Waals surface area (Å²) >= 11 is 0. The zero-order chi connectivity index (χ0) is 13.3. The predicted octanol–water partition coefficient (Wildman–Crippen LogP) is 2.43. The van der Waals surface area contributed by atoms with Crippen LogP contribution in [0.5, 0.6) is 0 Å². The van der Waals surface area contributed by atoms with E-state index >= 15 is 0 Å². The first-order valence-electron chi connectivity index (χ1n) is 6.55. The first-order valence-corrected chi connectivity index (χ1v) is 6.55. The quantitative estimate of drug-likeness (QED) is 0.559. The summed E-state index contributed by atoms with van der Waals surface area (Å²) in [7, 11) is 0. The number of hydrogen-bond donors (Lipinski definition) is 0. The molecule has 0 aromatic rings. The maximum Gasteiger partial charge on any atom is 0.337 e. The summed E-state index contributed by atoms with van der Waals surface area (Å²) in [6.07, 6.45) is 4.42. The Hall–Kier alpha value is -1.32. The summed E-state index contributed by atoms with van der Waals surface area (Å²) < 4.78 is 11.2. The van der Waals surface area contributed by atoms with E-state index in [1.807, 2.05) is 0 Å². The molecule has 0 saturated heterocycles.